The Balaban J connectivity index is 1.42. The lowest BCUT2D eigenvalue weighted by Crippen LogP contribution is -2.38. The van der Waals surface area contributed by atoms with Gasteiger partial charge < -0.3 is 15.5 Å². The molecule has 1 amide bonds. The summed E-state index contributed by atoms with van der Waals surface area (Å²) in [5, 5.41) is 7.59. The number of hydrogen-bond donors (Lipinski definition) is 2. The van der Waals surface area contributed by atoms with Gasteiger partial charge in [0, 0.05) is 37.5 Å². The van der Waals surface area contributed by atoms with Gasteiger partial charge in [0.05, 0.1) is 12.2 Å². The summed E-state index contributed by atoms with van der Waals surface area (Å²) >= 11 is 1.69. The highest BCUT2D eigenvalue weighted by Crippen LogP contribution is 2.22. The number of rotatable bonds is 7. The molecule has 28 heavy (non-hydrogen) atoms. The Bertz CT molecular complexity index is 801. The van der Waals surface area contributed by atoms with Crippen LogP contribution in [0.2, 0.25) is 0 Å². The fraction of sp³-hybridized carbons (Fsp3) is 0.476. The molecule has 1 aliphatic rings. The number of thiazole rings is 1. The lowest BCUT2D eigenvalue weighted by molar-refractivity contribution is -0.131. The fourth-order valence-electron chi connectivity index (χ4n) is 3.21. The fourth-order valence-corrected chi connectivity index (χ4v) is 4.07. The normalized spacial score (nSPS) is 13.5. The number of nitrogens with zero attached hydrogens (tertiary/aromatic N) is 3. The van der Waals surface area contributed by atoms with E-state index in [1.54, 1.807) is 11.3 Å². The van der Waals surface area contributed by atoms with Crippen LogP contribution in [-0.4, -0.2) is 34.8 Å². The lowest BCUT2D eigenvalue weighted by atomic mass is 10.1. The second-order valence-electron chi connectivity index (χ2n) is 6.99. The van der Waals surface area contributed by atoms with E-state index >= 15 is 0 Å². The molecule has 2 heterocycles. The second kappa shape index (κ2) is 9.68. The van der Waals surface area contributed by atoms with E-state index in [0.717, 1.165) is 42.7 Å². The van der Waals surface area contributed by atoms with Crippen molar-refractivity contribution in [2.45, 2.75) is 53.2 Å². The van der Waals surface area contributed by atoms with Crippen LogP contribution in [0.25, 0.3) is 0 Å². The molecule has 0 spiro atoms. The Labute approximate surface area is 171 Å². The monoisotopic (exact) mass is 399 g/mol. The van der Waals surface area contributed by atoms with Gasteiger partial charge in [0.15, 0.2) is 5.96 Å². The zero-order valence-electron chi connectivity index (χ0n) is 16.9. The van der Waals surface area contributed by atoms with Crippen LogP contribution < -0.4 is 10.6 Å². The van der Waals surface area contributed by atoms with Crippen LogP contribution in [-0.2, 0) is 24.4 Å². The van der Waals surface area contributed by atoms with Gasteiger partial charge in [-0.1, -0.05) is 24.3 Å². The third-order valence-electron chi connectivity index (χ3n) is 4.84. The molecule has 0 aliphatic carbocycles. The third kappa shape index (κ3) is 5.32. The summed E-state index contributed by atoms with van der Waals surface area (Å²) in [5.41, 5.74) is 3.61. The smallest absolute Gasteiger partial charge is 0.223 e. The molecule has 1 aliphatic heterocycles. The van der Waals surface area contributed by atoms with Crippen LogP contribution in [0.3, 0.4) is 0 Å². The van der Waals surface area contributed by atoms with Gasteiger partial charge in [-0.2, -0.15) is 0 Å². The van der Waals surface area contributed by atoms with Gasteiger partial charge in [-0.05, 0) is 38.3 Å². The van der Waals surface area contributed by atoms with E-state index < -0.39 is 0 Å². The number of guanidine groups is 1. The molecule has 1 aromatic heterocycles. The number of carbonyl (C=O) groups excluding carboxylic acids is 1. The van der Waals surface area contributed by atoms with Gasteiger partial charge in [0.2, 0.25) is 5.91 Å². The minimum absolute atomic E-state index is 0.216. The summed E-state index contributed by atoms with van der Waals surface area (Å²) in [4.78, 5) is 24.8. The molecule has 2 aromatic rings. The van der Waals surface area contributed by atoms with Crippen molar-refractivity contribution in [3.05, 3.63) is 51.0 Å². The number of fused-ring (bicyclic) bond motifs is 1. The van der Waals surface area contributed by atoms with E-state index in [1.165, 1.54) is 16.0 Å². The highest BCUT2D eigenvalue weighted by Gasteiger charge is 2.22. The number of aliphatic imine (C=N–C) groups is 1. The molecule has 3 rings (SSSR count). The Hall–Kier alpha value is -2.41. The van der Waals surface area contributed by atoms with Gasteiger partial charge in [-0.3, -0.25) is 4.79 Å². The molecular weight excluding hydrogens is 370 g/mol. The van der Waals surface area contributed by atoms with Crippen LogP contribution >= 0.6 is 11.3 Å². The van der Waals surface area contributed by atoms with Gasteiger partial charge in [0.25, 0.3) is 0 Å². The van der Waals surface area contributed by atoms with Crippen LogP contribution in [0.15, 0.2) is 29.3 Å². The van der Waals surface area contributed by atoms with E-state index in [-0.39, 0.29) is 5.91 Å². The van der Waals surface area contributed by atoms with Crippen molar-refractivity contribution in [3.8, 4) is 0 Å². The molecule has 0 unspecified atom stereocenters. The minimum Gasteiger partial charge on any atom is -0.357 e. The molecule has 0 atom stereocenters. The largest absolute Gasteiger partial charge is 0.357 e. The molecule has 0 radical (unpaired) electrons. The first-order valence-corrected chi connectivity index (χ1v) is 10.7. The van der Waals surface area contributed by atoms with E-state index in [2.05, 4.69) is 39.7 Å². The molecule has 6 nitrogen and oxygen atoms in total. The predicted octanol–water partition coefficient (Wildman–Crippen LogP) is 3.14. The number of hydrogen-bond acceptors (Lipinski definition) is 4. The number of aryl methyl sites for hydroxylation is 2. The van der Waals surface area contributed by atoms with Crippen molar-refractivity contribution in [2.75, 3.05) is 13.1 Å². The highest BCUT2D eigenvalue weighted by atomic mass is 32.1. The minimum atomic E-state index is 0.216. The Morgan fingerprint density at radius 3 is 2.54 bits per heavy atom. The first-order chi connectivity index (χ1) is 13.6. The third-order valence-corrected chi connectivity index (χ3v) is 5.90. The summed E-state index contributed by atoms with van der Waals surface area (Å²) in [7, 11) is 0. The number of benzene rings is 1. The summed E-state index contributed by atoms with van der Waals surface area (Å²) in [6.45, 7) is 9.71. The van der Waals surface area contributed by atoms with Crippen molar-refractivity contribution in [2.24, 2.45) is 4.99 Å². The number of nitrogens with one attached hydrogen (secondary N) is 2. The molecule has 0 fully saturated rings. The average molecular weight is 400 g/mol. The molecular formula is C21H29N5OS. The first kappa shape index (κ1) is 20.3. The quantitative estimate of drug-likeness (QED) is 0.426. The standard InChI is InChI=1S/C21H29N5OS/c1-4-22-21(24-12-19-25-15(2)16(3)28-19)23-11-7-10-20(27)26-13-17-8-5-6-9-18(17)14-26/h5-6,8-9H,4,7,10-14H2,1-3H3,(H2,22,23,24). The summed E-state index contributed by atoms with van der Waals surface area (Å²) in [6, 6.07) is 8.28. The SMILES string of the molecule is CCNC(=NCc1nc(C)c(C)s1)NCCCC(=O)N1Cc2ccccc2C1. The number of aromatic nitrogens is 1. The summed E-state index contributed by atoms with van der Waals surface area (Å²) in [6.07, 6.45) is 1.33. The molecule has 150 valence electrons. The second-order valence-corrected chi connectivity index (χ2v) is 8.28. The topological polar surface area (TPSA) is 69.6 Å². The van der Waals surface area contributed by atoms with Gasteiger partial charge in [-0.25, -0.2) is 9.98 Å². The van der Waals surface area contributed by atoms with Crippen molar-refractivity contribution in [1.29, 1.82) is 0 Å². The van der Waals surface area contributed by atoms with Crippen molar-refractivity contribution in [3.63, 3.8) is 0 Å². The van der Waals surface area contributed by atoms with Crippen molar-refractivity contribution < 1.29 is 4.79 Å². The lowest BCUT2D eigenvalue weighted by Gasteiger charge is -2.16. The van der Waals surface area contributed by atoms with E-state index in [4.69, 9.17) is 0 Å². The van der Waals surface area contributed by atoms with Crippen LogP contribution in [0, 0.1) is 13.8 Å². The Kier molecular flexibility index (Phi) is 7.03. The van der Waals surface area contributed by atoms with Crippen molar-refractivity contribution in [1.82, 2.24) is 20.5 Å². The Morgan fingerprint density at radius 2 is 1.93 bits per heavy atom. The Morgan fingerprint density at radius 1 is 1.21 bits per heavy atom. The van der Waals surface area contributed by atoms with E-state index in [1.807, 2.05) is 30.9 Å². The molecule has 1 aromatic carbocycles. The molecule has 0 bridgehead atoms. The maximum Gasteiger partial charge on any atom is 0.223 e. The predicted molar refractivity (Wildman–Crippen MR) is 114 cm³/mol. The summed E-state index contributed by atoms with van der Waals surface area (Å²) in [5.74, 6) is 0.989. The van der Waals surface area contributed by atoms with E-state index in [9.17, 15) is 4.79 Å². The van der Waals surface area contributed by atoms with Crippen LogP contribution in [0.1, 0.15) is 46.5 Å². The zero-order valence-corrected chi connectivity index (χ0v) is 17.7. The molecule has 0 saturated carbocycles. The van der Waals surface area contributed by atoms with Gasteiger partial charge >= 0.3 is 0 Å². The van der Waals surface area contributed by atoms with Crippen molar-refractivity contribution >= 4 is 23.2 Å². The molecule has 2 N–H and O–H groups in total. The van der Waals surface area contributed by atoms with Gasteiger partial charge in [0.1, 0.15) is 5.01 Å². The number of carbonyl (C=O) groups is 1. The van der Waals surface area contributed by atoms with Gasteiger partial charge in [-0.15, -0.1) is 11.3 Å². The maximum absolute atomic E-state index is 12.5. The van der Waals surface area contributed by atoms with Crippen LogP contribution in [0.5, 0.6) is 0 Å². The first-order valence-electron chi connectivity index (χ1n) is 9.86. The van der Waals surface area contributed by atoms with Crippen LogP contribution in [0.4, 0.5) is 0 Å². The number of amides is 1. The highest BCUT2D eigenvalue weighted by molar-refractivity contribution is 7.11. The maximum atomic E-state index is 12.5. The van der Waals surface area contributed by atoms with E-state index in [0.29, 0.717) is 19.5 Å². The molecule has 7 heteroatoms. The molecule has 0 saturated heterocycles. The summed E-state index contributed by atoms with van der Waals surface area (Å²) < 4.78 is 0. The average Bonchev–Trinajstić information content (AvgIpc) is 3.26. The zero-order chi connectivity index (χ0) is 19.9.